The topological polar surface area (TPSA) is 12.0 Å². The summed E-state index contributed by atoms with van der Waals surface area (Å²) >= 11 is 4.46. The SMILES string of the molecule is CC(C)C(CC(Br)C[Se]c1ccccc1)NCc1ccccc1. The summed E-state index contributed by atoms with van der Waals surface area (Å²) in [6.45, 7) is 5.57. The van der Waals surface area contributed by atoms with Gasteiger partial charge in [0, 0.05) is 0 Å². The van der Waals surface area contributed by atoms with Gasteiger partial charge in [-0.25, -0.2) is 0 Å². The Morgan fingerprint density at radius 3 is 2.17 bits per heavy atom. The van der Waals surface area contributed by atoms with Gasteiger partial charge >= 0.3 is 156 Å². The number of halogens is 1. The van der Waals surface area contributed by atoms with Crippen molar-refractivity contribution in [2.75, 3.05) is 0 Å². The number of rotatable bonds is 9. The Hall–Kier alpha value is -0.601. The van der Waals surface area contributed by atoms with Crippen LogP contribution in [0.15, 0.2) is 60.7 Å². The van der Waals surface area contributed by atoms with Crippen LogP contribution < -0.4 is 9.78 Å². The zero-order valence-electron chi connectivity index (χ0n) is 13.9. The van der Waals surface area contributed by atoms with E-state index < -0.39 is 0 Å². The van der Waals surface area contributed by atoms with E-state index in [1.54, 1.807) is 0 Å². The van der Waals surface area contributed by atoms with E-state index in [0.717, 1.165) is 6.54 Å². The van der Waals surface area contributed by atoms with Crippen molar-refractivity contribution in [3.05, 3.63) is 66.2 Å². The molecule has 0 saturated heterocycles. The summed E-state index contributed by atoms with van der Waals surface area (Å²) in [5, 5.41) is 4.98. The third-order valence-electron chi connectivity index (χ3n) is 3.90. The molecule has 0 radical (unpaired) electrons. The molecule has 23 heavy (non-hydrogen) atoms. The van der Waals surface area contributed by atoms with Gasteiger partial charge in [-0.15, -0.1) is 0 Å². The molecule has 124 valence electrons. The van der Waals surface area contributed by atoms with E-state index in [4.69, 9.17) is 0 Å². The van der Waals surface area contributed by atoms with Crippen molar-refractivity contribution in [3.63, 3.8) is 0 Å². The Labute approximate surface area is 155 Å². The van der Waals surface area contributed by atoms with Crippen LogP contribution in [-0.2, 0) is 6.54 Å². The van der Waals surface area contributed by atoms with Crippen molar-refractivity contribution >= 4 is 35.3 Å². The molecule has 0 spiro atoms. The second-order valence-electron chi connectivity index (χ2n) is 6.17. The first kappa shape index (κ1) is 18.7. The summed E-state index contributed by atoms with van der Waals surface area (Å²) in [7, 11) is 0. The molecule has 0 saturated carbocycles. The summed E-state index contributed by atoms with van der Waals surface area (Å²) in [6, 6.07) is 22.1. The van der Waals surface area contributed by atoms with Crippen molar-refractivity contribution in [2.45, 2.75) is 43.0 Å². The minimum atomic E-state index is 0.547. The summed E-state index contributed by atoms with van der Waals surface area (Å²) in [4.78, 5) is 0.582. The molecule has 3 heteroatoms. The van der Waals surface area contributed by atoms with Crippen LogP contribution in [0.1, 0.15) is 25.8 Å². The van der Waals surface area contributed by atoms with Gasteiger partial charge in [-0.3, -0.25) is 0 Å². The van der Waals surface area contributed by atoms with Gasteiger partial charge in [-0.2, -0.15) is 0 Å². The van der Waals surface area contributed by atoms with Crippen molar-refractivity contribution < 1.29 is 0 Å². The maximum atomic E-state index is 3.91. The van der Waals surface area contributed by atoms with Gasteiger partial charge < -0.3 is 0 Å². The van der Waals surface area contributed by atoms with E-state index in [9.17, 15) is 0 Å². The van der Waals surface area contributed by atoms with Crippen molar-refractivity contribution in [2.24, 2.45) is 5.92 Å². The molecule has 2 aromatic rings. The van der Waals surface area contributed by atoms with E-state index in [1.165, 1.54) is 21.8 Å². The normalized spacial score (nSPS) is 13.9. The van der Waals surface area contributed by atoms with Crippen LogP contribution in [0.3, 0.4) is 0 Å². The molecule has 0 aliphatic heterocycles. The van der Waals surface area contributed by atoms with Crippen molar-refractivity contribution in [3.8, 4) is 0 Å². The molecule has 2 rings (SSSR count). The zero-order valence-corrected chi connectivity index (χ0v) is 17.2. The molecular weight excluding hydrogens is 413 g/mol. The molecule has 0 aliphatic rings. The molecule has 0 heterocycles. The molecule has 0 fully saturated rings. The van der Waals surface area contributed by atoms with Gasteiger partial charge in [0.15, 0.2) is 0 Å². The molecule has 0 aliphatic carbocycles. The van der Waals surface area contributed by atoms with E-state index in [0.29, 0.717) is 31.7 Å². The predicted molar refractivity (Wildman–Crippen MR) is 106 cm³/mol. The molecule has 1 N–H and O–H groups in total. The average molecular weight is 439 g/mol. The molecular formula is C20H26BrNSe. The molecule has 0 aromatic heterocycles. The fraction of sp³-hybridized carbons (Fsp3) is 0.400. The van der Waals surface area contributed by atoms with Crippen LogP contribution >= 0.6 is 15.9 Å². The molecule has 1 nitrogen and oxygen atoms in total. The predicted octanol–water partition coefficient (Wildman–Crippen LogP) is 4.40. The first-order valence-electron chi connectivity index (χ1n) is 8.24. The Kier molecular flexibility index (Phi) is 8.39. The molecule has 0 amide bonds. The number of benzene rings is 2. The molecule has 2 atom stereocenters. The van der Waals surface area contributed by atoms with E-state index >= 15 is 0 Å². The second kappa shape index (κ2) is 10.3. The number of alkyl halides is 1. The van der Waals surface area contributed by atoms with Gasteiger partial charge in [0.2, 0.25) is 0 Å². The van der Waals surface area contributed by atoms with Gasteiger partial charge in [0.25, 0.3) is 0 Å². The summed E-state index contributed by atoms with van der Waals surface area (Å²) < 4.78 is 1.49. The monoisotopic (exact) mass is 439 g/mol. The Bertz CT molecular complexity index is 544. The summed E-state index contributed by atoms with van der Waals surface area (Å²) in [5.41, 5.74) is 1.36. The van der Waals surface area contributed by atoms with Gasteiger partial charge in [0.05, 0.1) is 0 Å². The van der Waals surface area contributed by atoms with Crippen molar-refractivity contribution in [1.29, 1.82) is 0 Å². The Morgan fingerprint density at radius 1 is 0.957 bits per heavy atom. The average Bonchev–Trinajstić information content (AvgIpc) is 2.58. The maximum absolute atomic E-state index is 3.91. The number of nitrogens with one attached hydrogen (secondary N) is 1. The Morgan fingerprint density at radius 2 is 1.57 bits per heavy atom. The summed E-state index contributed by atoms with van der Waals surface area (Å²) in [5.74, 6) is 0.642. The van der Waals surface area contributed by atoms with Crippen LogP contribution in [0.4, 0.5) is 0 Å². The first-order chi connectivity index (χ1) is 11.1. The zero-order chi connectivity index (χ0) is 16.5. The van der Waals surface area contributed by atoms with Crippen LogP contribution in [0.25, 0.3) is 0 Å². The van der Waals surface area contributed by atoms with E-state index in [-0.39, 0.29) is 0 Å². The minimum absolute atomic E-state index is 0.547. The first-order valence-corrected chi connectivity index (χ1v) is 11.2. The fourth-order valence-corrected chi connectivity index (χ4v) is 5.37. The van der Waals surface area contributed by atoms with Crippen LogP contribution in [0.2, 0.25) is 5.32 Å². The van der Waals surface area contributed by atoms with E-state index in [1.807, 2.05) is 0 Å². The van der Waals surface area contributed by atoms with Crippen LogP contribution in [-0.4, -0.2) is 25.8 Å². The molecule has 0 bridgehead atoms. The second-order valence-corrected chi connectivity index (χ2v) is 9.76. The van der Waals surface area contributed by atoms with Crippen molar-refractivity contribution in [1.82, 2.24) is 5.32 Å². The molecule has 2 unspecified atom stereocenters. The van der Waals surface area contributed by atoms with E-state index in [2.05, 4.69) is 95.8 Å². The standard InChI is InChI=1S/C20H26BrNSe/c1-16(2)20(22-14-17-9-5-3-6-10-17)13-18(21)15-23-19-11-7-4-8-12-19/h3-12,16,18,20,22H,13-15H2,1-2H3. The van der Waals surface area contributed by atoms with Gasteiger partial charge in [0.1, 0.15) is 0 Å². The van der Waals surface area contributed by atoms with Crippen LogP contribution in [0.5, 0.6) is 0 Å². The van der Waals surface area contributed by atoms with Gasteiger partial charge in [-0.05, 0) is 0 Å². The third-order valence-corrected chi connectivity index (χ3v) is 8.03. The quantitative estimate of drug-likeness (QED) is 0.451. The third kappa shape index (κ3) is 7.22. The fourth-order valence-electron chi connectivity index (χ4n) is 2.48. The van der Waals surface area contributed by atoms with Gasteiger partial charge in [-0.1, -0.05) is 0 Å². The van der Waals surface area contributed by atoms with Crippen LogP contribution in [0, 0.1) is 5.92 Å². The Balaban J connectivity index is 1.79. The number of hydrogen-bond acceptors (Lipinski definition) is 1. The number of hydrogen-bond donors (Lipinski definition) is 1. The summed E-state index contributed by atoms with van der Waals surface area (Å²) in [6.07, 6.45) is 1.18. The molecule has 2 aromatic carbocycles.